The van der Waals surface area contributed by atoms with Crippen molar-refractivity contribution in [1.82, 2.24) is 5.32 Å². The van der Waals surface area contributed by atoms with Gasteiger partial charge in [-0.05, 0) is 53.8 Å². The van der Waals surface area contributed by atoms with Crippen LogP contribution in [0.2, 0.25) is 0 Å². The topological polar surface area (TPSA) is 75.3 Å². The lowest BCUT2D eigenvalue weighted by molar-refractivity contribution is 0.0939. The lowest BCUT2D eigenvalue weighted by atomic mass is 9.86. The van der Waals surface area contributed by atoms with E-state index in [1.165, 1.54) is 17.7 Å². The largest absolute Gasteiger partial charge is 0.346 e. The van der Waals surface area contributed by atoms with E-state index in [0.29, 0.717) is 5.69 Å². The van der Waals surface area contributed by atoms with Gasteiger partial charge in [0.15, 0.2) is 0 Å². The summed E-state index contributed by atoms with van der Waals surface area (Å²) in [7, 11) is -3.80. The Morgan fingerprint density at radius 2 is 1.52 bits per heavy atom. The first-order valence-corrected chi connectivity index (χ1v) is 11.6. The van der Waals surface area contributed by atoms with Crippen molar-refractivity contribution in [3.63, 3.8) is 0 Å². The number of rotatable bonds is 6. The number of amides is 1. The summed E-state index contributed by atoms with van der Waals surface area (Å²) in [4.78, 5) is 12.8. The van der Waals surface area contributed by atoms with Gasteiger partial charge in [-0.1, -0.05) is 69.3 Å². The van der Waals surface area contributed by atoms with Crippen LogP contribution in [0.15, 0.2) is 83.8 Å². The fourth-order valence-corrected chi connectivity index (χ4v) is 4.26. The van der Waals surface area contributed by atoms with E-state index in [0.717, 1.165) is 5.56 Å². The molecule has 2 N–H and O–H groups in total. The van der Waals surface area contributed by atoms with Gasteiger partial charge in [0, 0.05) is 11.3 Å². The summed E-state index contributed by atoms with van der Waals surface area (Å²) >= 11 is 0. The minimum Gasteiger partial charge on any atom is -0.346 e. The van der Waals surface area contributed by atoms with E-state index < -0.39 is 10.0 Å². The Kier molecular flexibility index (Phi) is 6.51. The summed E-state index contributed by atoms with van der Waals surface area (Å²) in [6.45, 7) is 8.37. The third-order valence-corrected chi connectivity index (χ3v) is 6.44. The highest BCUT2D eigenvalue weighted by atomic mass is 32.2. The average Bonchev–Trinajstić information content (AvgIpc) is 2.73. The zero-order valence-corrected chi connectivity index (χ0v) is 19.0. The molecule has 0 unspecified atom stereocenters. The fraction of sp³-hybridized carbons (Fsp3) is 0.240. The lowest BCUT2D eigenvalue weighted by Crippen LogP contribution is -2.27. The van der Waals surface area contributed by atoms with Gasteiger partial charge in [0.25, 0.3) is 15.9 Å². The van der Waals surface area contributed by atoms with Gasteiger partial charge in [-0.2, -0.15) is 0 Å². The molecular formula is C25H28N2O3S. The van der Waals surface area contributed by atoms with Gasteiger partial charge in [0.05, 0.1) is 10.9 Å². The van der Waals surface area contributed by atoms with Crippen LogP contribution in [-0.4, -0.2) is 14.3 Å². The molecule has 3 aromatic rings. The first kappa shape index (κ1) is 22.6. The number of carbonyl (C=O) groups is 1. The van der Waals surface area contributed by atoms with Crippen LogP contribution >= 0.6 is 0 Å². The number of benzene rings is 3. The number of nitrogens with one attached hydrogen (secondary N) is 2. The Labute approximate surface area is 184 Å². The third-order valence-electron chi connectivity index (χ3n) is 5.06. The second kappa shape index (κ2) is 8.94. The Morgan fingerprint density at radius 1 is 0.871 bits per heavy atom. The van der Waals surface area contributed by atoms with Crippen molar-refractivity contribution < 1.29 is 13.2 Å². The predicted octanol–water partition coefficient (Wildman–Crippen LogP) is 5.28. The van der Waals surface area contributed by atoms with Crippen molar-refractivity contribution in [2.75, 3.05) is 4.72 Å². The van der Waals surface area contributed by atoms with Crippen molar-refractivity contribution in [1.29, 1.82) is 0 Å². The highest BCUT2D eigenvalue weighted by molar-refractivity contribution is 7.92. The number of hydrogen-bond acceptors (Lipinski definition) is 3. The minimum absolute atomic E-state index is 0.0335. The zero-order chi connectivity index (χ0) is 22.6. The molecule has 0 saturated heterocycles. The van der Waals surface area contributed by atoms with Crippen molar-refractivity contribution in [2.45, 2.75) is 44.0 Å². The van der Waals surface area contributed by atoms with E-state index in [2.05, 4.69) is 42.9 Å². The van der Waals surface area contributed by atoms with Gasteiger partial charge < -0.3 is 5.32 Å². The Hall–Kier alpha value is -3.12. The maximum Gasteiger partial charge on any atom is 0.261 e. The van der Waals surface area contributed by atoms with Crippen LogP contribution in [0.4, 0.5) is 5.69 Å². The van der Waals surface area contributed by atoms with Crippen molar-refractivity contribution in [3.05, 3.63) is 95.6 Å². The lowest BCUT2D eigenvalue weighted by Gasteiger charge is -2.21. The molecule has 3 rings (SSSR count). The molecule has 31 heavy (non-hydrogen) atoms. The van der Waals surface area contributed by atoms with Crippen LogP contribution in [0, 0.1) is 0 Å². The van der Waals surface area contributed by atoms with Crippen molar-refractivity contribution in [2.24, 2.45) is 0 Å². The number of anilines is 1. The minimum atomic E-state index is -3.80. The summed E-state index contributed by atoms with van der Waals surface area (Å²) in [5, 5.41) is 2.94. The van der Waals surface area contributed by atoms with Crippen LogP contribution in [-0.2, 0) is 15.4 Å². The summed E-state index contributed by atoms with van der Waals surface area (Å²) < 4.78 is 27.9. The molecular weight excluding hydrogens is 408 g/mol. The molecule has 0 heterocycles. The molecule has 0 spiro atoms. The quantitative estimate of drug-likeness (QED) is 0.552. The average molecular weight is 437 g/mol. The molecule has 3 aromatic carbocycles. The Balaban J connectivity index is 1.74. The second-order valence-electron chi connectivity index (χ2n) is 8.57. The molecule has 0 saturated carbocycles. The summed E-state index contributed by atoms with van der Waals surface area (Å²) in [6, 6.07) is 22.6. The van der Waals surface area contributed by atoms with Crippen LogP contribution in [0.3, 0.4) is 0 Å². The first-order valence-electron chi connectivity index (χ1n) is 10.2. The molecule has 0 radical (unpaired) electrons. The van der Waals surface area contributed by atoms with E-state index in [1.54, 1.807) is 42.5 Å². The monoisotopic (exact) mass is 436 g/mol. The van der Waals surface area contributed by atoms with Gasteiger partial charge in [-0.15, -0.1) is 0 Å². The summed E-state index contributed by atoms with van der Waals surface area (Å²) in [5.41, 5.74) is 3.01. The van der Waals surface area contributed by atoms with Gasteiger partial charge in [-0.3, -0.25) is 9.52 Å². The molecule has 6 heteroatoms. The fourth-order valence-electron chi connectivity index (χ4n) is 3.16. The third kappa shape index (κ3) is 5.73. The Bertz CT molecular complexity index is 1150. The van der Waals surface area contributed by atoms with E-state index >= 15 is 0 Å². The number of para-hydroxylation sites is 1. The highest BCUT2D eigenvalue weighted by Gasteiger charge is 2.18. The standard InChI is InChI=1S/C25H28N2O3S/c1-18(19-13-15-21(16-14-19)25(2,3)4)26-24(28)20-9-8-12-23(17-20)31(29,30)27-22-10-6-5-7-11-22/h5-18,27H,1-4H3,(H,26,28)/t18-/m0/s1. The smallest absolute Gasteiger partial charge is 0.261 e. The zero-order valence-electron chi connectivity index (χ0n) is 18.2. The summed E-state index contributed by atoms with van der Waals surface area (Å²) in [6.07, 6.45) is 0. The van der Waals surface area contributed by atoms with Crippen LogP contribution in [0.25, 0.3) is 0 Å². The first-order chi connectivity index (χ1) is 14.6. The number of sulfonamides is 1. The van der Waals surface area contributed by atoms with Gasteiger partial charge in [0.2, 0.25) is 0 Å². The second-order valence-corrected chi connectivity index (χ2v) is 10.2. The molecule has 0 bridgehead atoms. The van der Waals surface area contributed by atoms with E-state index in [1.807, 2.05) is 19.1 Å². The maximum atomic E-state index is 12.8. The summed E-state index contributed by atoms with van der Waals surface area (Å²) in [5.74, 6) is -0.329. The molecule has 0 fully saturated rings. The van der Waals surface area contributed by atoms with Gasteiger partial charge in [-0.25, -0.2) is 8.42 Å². The number of carbonyl (C=O) groups excluding carboxylic acids is 1. The molecule has 5 nitrogen and oxygen atoms in total. The predicted molar refractivity (Wildman–Crippen MR) is 125 cm³/mol. The number of hydrogen-bond donors (Lipinski definition) is 2. The highest BCUT2D eigenvalue weighted by Crippen LogP contribution is 2.24. The van der Waals surface area contributed by atoms with E-state index in [4.69, 9.17) is 0 Å². The van der Waals surface area contributed by atoms with Crippen LogP contribution in [0.5, 0.6) is 0 Å². The molecule has 0 aliphatic heterocycles. The van der Waals surface area contributed by atoms with Crippen molar-refractivity contribution in [3.8, 4) is 0 Å². The van der Waals surface area contributed by atoms with Gasteiger partial charge in [0.1, 0.15) is 0 Å². The normalized spacial score (nSPS) is 12.8. The SMILES string of the molecule is C[C@H](NC(=O)c1cccc(S(=O)(=O)Nc2ccccc2)c1)c1ccc(C(C)(C)C)cc1. The van der Waals surface area contributed by atoms with Crippen molar-refractivity contribution >= 4 is 21.6 Å². The van der Waals surface area contributed by atoms with Gasteiger partial charge >= 0.3 is 0 Å². The van der Waals surface area contributed by atoms with Crippen LogP contribution in [0.1, 0.15) is 55.2 Å². The van der Waals surface area contributed by atoms with Crippen LogP contribution < -0.4 is 10.0 Å². The molecule has 162 valence electrons. The molecule has 1 amide bonds. The Morgan fingerprint density at radius 3 is 2.13 bits per heavy atom. The molecule has 0 aromatic heterocycles. The van der Waals surface area contributed by atoms with E-state index in [9.17, 15) is 13.2 Å². The van der Waals surface area contributed by atoms with E-state index in [-0.39, 0.29) is 27.8 Å². The molecule has 0 aliphatic rings. The molecule has 1 atom stereocenters. The molecule has 0 aliphatic carbocycles. The maximum absolute atomic E-state index is 12.8.